The fourth-order valence-electron chi connectivity index (χ4n) is 3.92. The predicted molar refractivity (Wildman–Crippen MR) is 132 cm³/mol. The Bertz CT molecular complexity index is 1070. The van der Waals surface area contributed by atoms with Gasteiger partial charge in [0.15, 0.2) is 11.5 Å². The van der Waals surface area contributed by atoms with Crippen molar-refractivity contribution in [3.8, 4) is 17.2 Å². The van der Waals surface area contributed by atoms with Crippen molar-refractivity contribution in [1.29, 1.82) is 0 Å². The number of ether oxygens (including phenoxy) is 3. The van der Waals surface area contributed by atoms with Crippen LogP contribution in [0.15, 0.2) is 55.1 Å². The van der Waals surface area contributed by atoms with Crippen molar-refractivity contribution in [2.75, 3.05) is 33.4 Å². The maximum Gasteiger partial charge on any atom is 0.161 e. The molecular formula is C25H29Cl2N3O4. The van der Waals surface area contributed by atoms with Gasteiger partial charge in [-0.1, -0.05) is 29.3 Å². The first-order chi connectivity index (χ1) is 16.4. The Labute approximate surface area is 209 Å². The quantitative estimate of drug-likeness (QED) is 0.431. The molecule has 0 atom stereocenters. The third kappa shape index (κ3) is 6.57. The number of piperidine rings is 1. The fraction of sp³-hybridized carbons (Fsp3) is 0.400. The molecule has 0 bridgehead atoms. The van der Waals surface area contributed by atoms with E-state index in [4.69, 9.17) is 37.4 Å². The summed E-state index contributed by atoms with van der Waals surface area (Å²) in [5.41, 5.74) is 0.268. The van der Waals surface area contributed by atoms with Crippen LogP contribution in [0.1, 0.15) is 18.4 Å². The van der Waals surface area contributed by atoms with E-state index in [1.54, 1.807) is 37.8 Å². The monoisotopic (exact) mass is 505 g/mol. The predicted octanol–water partition coefficient (Wildman–Crippen LogP) is 4.68. The van der Waals surface area contributed by atoms with Crippen molar-refractivity contribution >= 4 is 23.2 Å². The fourth-order valence-corrected chi connectivity index (χ4v) is 4.21. The van der Waals surface area contributed by atoms with Crippen LogP contribution in [0.2, 0.25) is 10.0 Å². The van der Waals surface area contributed by atoms with Gasteiger partial charge in [-0.2, -0.15) is 0 Å². The number of rotatable bonds is 10. The minimum absolute atomic E-state index is 0.220. The number of imidazole rings is 1. The second-order valence-corrected chi connectivity index (χ2v) is 9.31. The van der Waals surface area contributed by atoms with Crippen molar-refractivity contribution in [3.05, 3.63) is 70.7 Å². The molecule has 2 heterocycles. The van der Waals surface area contributed by atoms with Crippen LogP contribution in [-0.4, -0.2) is 58.6 Å². The van der Waals surface area contributed by atoms with E-state index in [2.05, 4.69) is 16.0 Å². The van der Waals surface area contributed by atoms with E-state index in [1.807, 2.05) is 22.9 Å². The molecule has 182 valence electrons. The lowest BCUT2D eigenvalue weighted by atomic mass is 9.92. The number of benzene rings is 2. The Balaban J connectivity index is 1.26. The topological polar surface area (TPSA) is 69.0 Å². The van der Waals surface area contributed by atoms with Gasteiger partial charge in [0.25, 0.3) is 0 Å². The Morgan fingerprint density at radius 1 is 1.03 bits per heavy atom. The van der Waals surface area contributed by atoms with Gasteiger partial charge in [0.05, 0.1) is 30.0 Å². The van der Waals surface area contributed by atoms with E-state index in [0.29, 0.717) is 41.0 Å². The van der Waals surface area contributed by atoms with Crippen LogP contribution in [0, 0.1) is 0 Å². The lowest BCUT2D eigenvalue weighted by molar-refractivity contribution is -0.0537. The van der Waals surface area contributed by atoms with Gasteiger partial charge in [-0.25, -0.2) is 4.98 Å². The third-order valence-corrected chi connectivity index (χ3v) is 6.72. The van der Waals surface area contributed by atoms with Crippen LogP contribution >= 0.6 is 23.2 Å². The smallest absolute Gasteiger partial charge is 0.161 e. The second kappa shape index (κ2) is 11.3. The molecule has 1 aliphatic heterocycles. The normalized spacial score (nSPS) is 15.8. The van der Waals surface area contributed by atoms with E-state index in [-0.39, 0.29) is 6.61 Å². The highest BCUT2D eigenvalue weighted by Crippen LogP contribution is 2.31. The summed E-state index contributed by atoms with van der Waals surface area (Å²) in [4.78, 5) is 6.36. The summed E-state index contributed by atoms with van der Waals surface area (Å²) in [6.45, 7) is 3.78. The third-order valence-electron chi connectivity index (χ3n) is 5.99. The molecule has 3 aromatic rings. The van der Waals surface area contributed by atoms with Crippen LogP contribution < -0.4 is 14.2 Å². The SMILES string of the molecule is COc1cc(CN2CCC(O)(COc3ccc(Cl)c(Cl)c3)CC2)ccc1OCCn1ccnc1. The summed E-state index contributed by atoms with van der Waals surface area (Å²) in [7, 11) is 1.65. The lowest BCUT2D eigenvalue weighted by Gasteiger charge is -2.38. The first kappa shape index (κ1) is 24.7. The Morgan fingerprint density at radius 3 is 2.56 bits per heavy atom. The van der Waals surface area contributed by atoms with Gasteiger partial charge in [-0.3, -0.25) is 4.90 Å². The summed E-state index contributed by atoms with van der Waals surface area (Å²) < 4.78 is 19.2. The molecule has 34 heavy (non-hydrogen) atoms. The van der Waals surface area contributed by atoms with E-state index >= 15 is 0 Å². The molecule has 0 saturated carbocycles. The van der Waals surface area contributed by atoms with Crippen molar-refractivity contribution in [1.82, 2.24) is 14.5 Å². The molecular weight excluding hydrogens is 477 g/mol. The average Bonchev–Trinajstić information content (AvgIpc) is 3.36. The zero-order valence-electron chi connectivity index (χ0n) is 19.1. The highest BCUT2D eigenvalue weighted by molar-refractivity contribution is 6.42. The van der Waals surface area contributed by atoms with Gasteiger partial charge in [0.2, 0.25) is 0 Å². The van der Waals surface area contributed by atoms with E-state index < -0.39 is 5.60 Å². The Kier molecular flexibility index (Phi) is 8.21. The van der Waals surface area contributed by atoms with Gasteiger partial charge >= 0.3 is 0 Å². The molecule has 1 saturated heterocycles. The molecule has 2 aromatic carbocycles. The molecule has 0 spiro atoms. The van der Waals surface area contributed by atoms with Crippen molar-refractivity contribution in [2.24, 2.45) is 0 Å². The van der Waals surface area contributed by atoms with Crippen LogP contribution in [-0.2, 0) is 13.1 Å². The molecule has 0 amide bonds. The number of methoxy groups -OCH3 is 1. The Hall–Kier alpha value is -2.45. The van der Waals surface area contributed by atoms with Crippen LogP contribution in [0.25, 0.3) is 0 Å². The molecule has 0 unspecified atom stereocenters. The van der Waals surface area contributed by atoms with E-state index in [1.165, 1.54) is 0 Å². The summed E-state index contributed by atoms with van der Waals surface area (Å²) in [5.74, 6) is 2.04. The number of likely N-dealkylation sites (tertiary alicyclic amines) is 1. The summed E-state index contributed by atoms with van der Waals surface area (Å²) in [6, 6.07) is 11.1. The molecule has 1 aliphatic rings. The zero-order chi connectivity index (χ0) is 24.0. The average molecular weight is 506 g/mol. The minimum atomic E-state index is -0.868. The highest BCUT2D eigenvalue weighted by Gasteiger charge is 2.33. The molecule has 9 heteroatoms. The molecule has 0 radical (unpaired) electrons. The largest absolute Gasteiger partial charge is 0.493 e. The van der Waals surface area contributed by atoms with E-state index in [9.17, 15) is 5.11 Å². The summed E-state index contributed by atoms with van der Waals surface area (Å²) in [6.07, 6.45) is 6.67. The Morgan fingerprint density at radius 2 is 1.85 bits per heavy atom. The summed E-state index contributed by atoms with van der Waals surface area (Å²) in [5, 5.41) is 11.9. The van der Waals surface area contributed by atoms with Crippen molar-refractivity contribution < 1.29 is 19.3 Å². The molecule has 0 aliphatic carbocycles. The molecule has 1 N–H and O–H groups in total. The van der Waals surface area contributed by atoms with Crippen LogP contribution in [0.5, 0.6) is 17.2 Å². The minimum Gasteiger partial charge on any atom is -0.493 e. The van der Waals surface area contributed by atoms with Gasteiger partial charge in [-0.05, 0) is 42.7 Å². The maximum atomic E-state index is 11.0. The van der Waals surface area contributed by atoms with Gasteiger partial charge < -0.3 is 23.9 Å². The number of halogens is 2. The standard InChI is InChI=1S/C25H29Cl2N3O4/c1-32-24-14-19(2-5-23(24)33-13-12-30-11-8-28-18-30)16-29-9-6-25(31,7-10-29)17-34-20-3-4-21(26)22(27)15-20/h2-5,8,11,14-15,18,31H,6-7,9-10,12-13,16-17H2,1H3. The molecule has 1 aromatic heterocycles. The van der Waals surface area contributed by atoms with E-state index in [0.717, 1.165) is 37.5 Å². The molecule has 1 fully saturated rings. The zero-order valence-corrected chi connectivity index (χ0v) is 20.6. The number of aliphatic hydroxyl groups is 1. The first-order valence-electron chi connectivity index (χ1n) is 11.2. The first-order valence-corrected chi connectivity index (χ1v) is 12.0. The number of aromatic nitrogens is 2. The number of nitrogens with zero attached hydrogens (tertiary/aromatic N) is 3. The lowest BCUT2D eigenvalue weighted by Crippen LogP contribution is -2.47. The van der Waals surface area contributed by atoms with Crippen molar-refractivity contribution in [2.45, 2.75) is 31.5 Å². The van der Waals surface area contributed by atoms with Crippen molar-refractivity contribution in [3.63, 3.8) is 0 Å². The number of hydrogen-bond acceptors (Lipinski definition) is 6. The van der Waals surface area contributed by atoms with Gasteiger partial charge in [-0.15, -0.1) is 0 Å². The van der Waals surface area contributed by atoms with Crippen LogP contribution in [0.4, 0.5) is 0 Å². The van der Waals surface area contributed by atoms with Crippen LogP contribution in [0.3, 0.4) is 0 Å². The highest BCUT2D eigenvalue weighted by atomic mass is 35.5. The number of hydrogen-bond donors (Lipinski definition) is 1. The van der Waals surface area contributed by atoms with Gasteiger partial charge in [0.1, 0.15) is 24.6 Å². The maximum absolute atomic E-state index is 11.0. The van der Waals surface area contributed by atoms with Gasteiger partial charge in [0, 0.05) is 38.1 Å². The second-order valence-electron chi connectivity index (χ2n) is 8.50. The molecule has 4 rings (SSSR count). The molecule has 7 nitrogen and oxygen atoms in total. The summed E-state index contributed by atoms with van der Waals surface area (Å²) >= 11 is 12.0.